The molecule has 0 saturated heterocycles. The second-order valence-electron chi connectivity index (χ2n) is 4.88. The summed E-state index contributed by atoms with van der Waals surface area (Å²) in [6.07, 6.45) is 0. The summed E-state index contributed by atoms with van der Waals surface area (Å²) in [6, 6.07) is 8.40. The van der Waals surface area contributed by atoms with Crippen molar-refractivity contribution in [3.8, 4) is 6.07 Å². The molecule has 2 heterocycles. The van der Waals surface area contributed by atoms with Crippen molar-refractivity contribution in [2.24, 2.45) is 0 Å². The molecule has 18 heavy (non-hydrogen) atoms. The molecule has 0 bridgehead atoms. The predicted molar refractivity (Wildman–Crippen MR) is 78.1 cm³/mol. The SMILES string of the molecule is CC(C)(CNCc1cc(C#N)cs1)c1cccs1. The van der Waals surface area contributed by atoms with Gasteiger partial charge in [0.15, 0.2) is 0 Å². The Labute approximate surface area is 116 Å². The number of nitrogens with one attached hydrogen (secondary N) is 1. The zero-order chi connectivity index (χ0) is 13.0. The van der Waals surface area contributed by atoms with E-state index in [0.29, 0.717) is 0 Å². The van der Waals surface area contributed by atoms with Gasteiger partial charge in [-0.2, -0.15) is 5.26 Å². The Morgan fingerprint density at radius 3 is 2.83 bits per heavy atom. The van der Waals surface area contributed by atoms with Gasteiger partial charge in [-0.25, -0.2) is 0 Å². The first-order valence-corrected chi connectivity index (χ1v) is 7.60. The van der Waals surface area contributed by atoms with Crippen molar-refractivity contribution in [1.29, 1.82) is 5.26 Å². The predicted octanol–water partition coefficient (Wildman–Crippen LogP) is 3.75. The Morgan fingerprint density at radius 2 is 2.22 bits per heavy atom. The van der Waals surface area contributed by atoms with Gasteiger partial charge in [-0.15, -0.1) is 22.7 Å². The highest BCUT2D eigenvalue weighted by atomic mass is 32.1. The number of thiophene rings is 2. The van der Waals surface area contributed by atoms with Crippen LogP contribution < -0.4 is 5.32 Å². The largest absolute Gasteiger partial charge is 0.311 e. The fourth-order valence-corrected chi connectivity index (χ4v) is 3.41. The van der Waals surface area contributed by atoms with Crippen molar-refractivity contribution in [3.63, 3.8) is 0 Å². The van der Waals surface area contributed by atoms with E-state index in [0.717, 1.165) is 18.7 Å². The Kier molecular flexibility index (Phi) is 4.18. The maximum absolute atomic E-state index is 8.77. The third-order valence-electron chi connectivity index (χ3n) is 2.84. The van der Waals surface area contributed by atoms with Gasteiger partial charge in [-0.1, -0.05) is 19.9 Å². The average Bonchev–Trinajstić information content (AvgIpc) is 3.00. The molecule has 0 aliphatic rings. The van der Waals surface area contributed by atoms with Crippen molar-refractivity contribution in [3.05, 3.63) is 44.3 Å². The summed E-state index contributed by atoms with van der Waals surface area (Å²) < 4.78 is 0. The molecule has 0 radical (unpaired) electrons. The van der Waals surface area contributed by atoms with Crippen molar-refractivity contribution >= 4 is 22.7 Å². The zero-order valence-corrected chi connectivity index (χ0v) is 12.2. The van der Waals surface area contributed by atoms with Crippen LogP contribution in [0.2, 0.25) is 0 Å². The molecule has 0 spiro atoms. The van der Waals surface area contributed by atoms with Crippen molar-refractivity contribution in [1.82, 2.24) is 5.32 Å². The van der Waals surface area contributed by atoms with Crippen LogP contribution in [-0.2, 0) is 12.0 Å². The smallest absolute Gasteiger partial charge is 0.100 e. The first kappa shape index (κ1) is 13.3. The van der Waals surface area contributed by atoms with E-state index in [1.165, 1.54) is 9.75 Å². The van der Waals surface area contributed by atoms with Gasteiger partial charge < -0.3 is 5.32 Å². The molecule has 2 aromatic heterocycles. The van der Waals surface area contributed by atoms with E-state index in [1.807, 2.05) is 11.4 Å². The third-order valence-corrected chi connectivity index (χ3v) is 5.01. The van der Waals surface area contributed by atoms with Gasteiger partial charge in [0.05, 0.1) is 5.56 Å². The lowest BCUT2D eigenvalue weighted by molar-refractivity contribution is 0.478. The van der Waals surface area contributed by atoms with Gasteiger partial charge in [0, 0.05) is 33.6 Å². The molecular weight excluding hydrogens is 260 g/mol. The minimum Gasteiger partial charge on any atom is -0.311 e. The summed E-state index contributed by atoms with van der Waals surface area (Å²) in [5, 5.41) is 16.3. The normalized spacial score (nSPS) is 11.4. The highest BCUT2D eigenvalue weighted by Crippen LogP contribution is 2.26. The minimum absolute atomic E-state index is 0.156. The summed E-state index contributed by atoms with van der Waals surface area (Å²) in [5.41, 5.74) is 0.915. The monoisotopic (exact) mass is 276 g/mol. The fourth-order valence-electron chi connectivity index (χ4n) is 1.78. The molecule has 0 saturated carbocycles. The van der Waals surface area contributed by atoms with Crippen LogP contribution in [-0.4, -0.2) is 6.54 Å². The van der Waals surface area contributed by atoms with Crippen LogP contribution in [0.15, 0.2) is 29.0 Å². The number of hydrogen-bond donors (Lipinski definition) is 1. The second-order valence-corrected chi connectivity index (χ2v) is 6.82. The number of nitriles is 1. The zero-order valence-electron chi connectivity index (χ0n) is 10.6. The van der Waals surface area contributed by atoms with E-state index < -0.39 is 0 Å². The first-order valence-electron chi connectivity index (χ1n) is 5.84. The van der Waals surface area contributed by atoms with Gasteiger partial charge in [0.25, 0.3) is 0 Å². The minimum atomic E-state index is 0.156. The summed E-state index contributed by atoms with van der Waals surface area (Å²) in [6.45, 7) is 6.27. The third kappa shape index (κ3) is 3.20. The average molecular weight is 276 g/mol. The molecular formula is C14H16N2S2. The molecule has 4 heteroatoms. The van der Waals surface area contributed by atoms with Crippen molar-refractivity contribution < 1.29 is 0 Å². The lowest BCUT2D eigenvalue weighted by atomic mass is 9.91. The van der Waals surface area contributed by atoms with Crippen molar-refractivity contribution in [2.75, 3.05) is 6.54 Å². The Bertz CT molecular complexity index is 532. The molecule has 0 unspecified atom stereocenters. The molecule has 0 atom stereocenters. The van der Waals surface area contributed by atoms with Crippen LogP contribution in [0.4, 0.5) is 0 Å². The number of hydrogen-bond acceptors (Lipinski definition) is 4. The number of rotatable bonds is 5. The van der Waals surface area contributed by atoms with E-state index in [2.05, 4.69) is 42.7 Å². The van der Waals surface area contributed by atoms with Crippen LogP contribution in [0, 0.1) is 11.3 Å². The lowest BCUT2D eigenvalue weighted by Gasteiger charge is -2.23. The first-order chi connectivity index (χ1) is 8.62. The molecule has 0 aliphatic heterocycles. The molecule has 1 N–H and O–H groups in total. The summed E-state index contributed by atoms with van der Waals surface area (Å²) in [7, 11) is 0. The maximum Gasteiger partial charge on any atom is 0.100 e. The number of nitrogens with zero attached hydrogens (tertiary/aromatic N) is 1. The van der Waals surface area contributed by atoms with Crippen molar-refractivity contribution in [2.45, 2.75) is 25.8 Å². The topological polar surface area (TPSA) is 35.8 Å². The van der Waals surface area contributed by atoms with Crippen LogP contribution in [0.5, 0.6) is 0 Å². The maximum atomic E-state index is 8.77. The van der Waals surface area contributed by atoms with Crippen LogP contribution in [0.3, 0.4) is 0 Å². The van der Waals surface area contributed by atoms with Gasteiger partial charge in [-0.3, -0.25) is 0 Å². The van der Waals surface area contributed by atoms with Crippen LogP contribution >= 0.6 is 22.7 Å². The highest BCUT2D eigenvalue weighted by molar-refractivity contribution is 7.10. The molecule has 0 aromatic carbocycles. The van der Waals surface area contributed by atoms with E-state index in [4.69, 9.17) is 5.26 Å². The summed E-state index contributed by atoms with van der Waals surface area (Å²) in [4.78, 5) is 2.62. The van der Waals surface area contributed by atoms with E-state index in [-0.39, 0.29) is 5.41 Å². The van der Waals surface area contributed by atoms with E-state index in [9.17, 15) is 0 Å². The second kappa shape index (κ2) is 5.66. The molecule has 0 fully saturated rings. The quantitative estimate of drug-likeness (QED) is 0.903. The summed E-state index contributed by atoms with van der Waals surface area (Å²) in [5.74, 6) is 0. The van der Waals surface area contributed by atoms with E-state index in [1.54, 1.807) is 22.7 Å². The Hall–Kier alpha value is -1.15. The summed E-state index contributed by atoms with van der Waals surface area (Å²) >= 11 is 3.44. The van der Waals surface area contributed by atoms with Crippen LogP contribution in [0.25, 0.3) is 0 Å². The van der Waals surface area contributed by atoms with Gasteiger partial charge >= 0.3 is 0 Å². The standard InChI is InChI=1S/C14H16N2S2/c1-14(2,13-4-3-5-17-13)10-16-8-12-6-11(7-15)9-18-12/h3-6,9,16H,8,10H2,1-2H3. The molecule has 94 valence electrons. The Balaban J connectivity index is 1.87. The van der Waals surface area contributed by atoms with E-state index >= 15 is 0 Å². The van der Waals surface area contributed by atoms with Gasteiger partial charge in [0.2, 0.25) is 0 Å². The van der Waals surface area contributed by atoms with Gasteiger partial charge in [0.1, 0.15) is 6.07 Å². The molecule has 0 amide bonds. The fraction of sp³-hybridized carbons (Fsp3) is 0.357. The Morgan fingerprint density at radius 1 is 1.39 bits per heavy atom. The molecule has 2 nitrogen and oxygen atoms in total. The van der Waals surface area contributed by atoms with Crippen LogP contribution in [0.1, 0.15) is 29.2 Å². The lowest BCUT2D eigenvalue weighted by Crippen LogP contribution is -2.31. The van der Waals surface area contributed by atoms with Gasteiger partial charge in [-0.05, 0) is 17.5 Å². The highest BCUT2D eigenvalue weighted by Gasteiger charge is 2.20. The molecule has 2 rings (SSSR count). The molecule has 0 aliphatic carbocycles. The molecule has 2 aromatic rings.